The second-order valence-corrected chi connectivity index (χ2v) is 5.01. The Morgan fingerprint density at radius 1 is 1.04 bits per heavy atom. The van der Waals surface area contributed by atoms with Crippen LogP contribution in [-0.2, 0) is 14.3 Å². The Balaban J connectivity index is 1.91. The molecule has 0 bridgehead atoms. The summed E-state index contributed by atoms with van der Waals surface area (Å²) in [6, 6.07) is 16.3. The molecule has 1 N–H and O–H groups in total. The van der Waals surface area contributed by atoms with Crippen LogP contribution in [0.5, 0.6) is 5.75 Å². The molecular formula is C19H19NO4. The number of esters is 1. The Morgan fingerprint density at radius 2 is 1.71 bits per heavy atom. The molecule has 0 aromatic heterocycles. The summed E-state index contributed by atoms with van der Waals surface area (Å²) in [6.45, 7) is 1.52. The van der Waals surface area contributed by atoms with Gasteiger partial charge in [0.25, 0.3) is 5.91 Å². The molecule has 2 rings (SSSR count). The Morgan fingerprint density at radius 3 is 2.42 bits per heavy atom. The van der Waals surface area contributed by atoms with Gasteiger partial charge in [-0.25, -0.2) is 4.79 Å². The fraction of sp³-hybridized carbons (Fsp3) is 0.158. The van der Waals surface area contributed by atoms with Crippen molar-refractivity contribution in [3.05, 3.63) is 66.2 Å². The summed E-state index contributed by atoms with van der Waals surface area (Å²) in [5, 5.41) is 2.68. The van der Waals surface area contributed by atoms with Gasteiger partial charge in [0.1, 0.15) is 5.75 Å². The van der Waals surface area contributed by atoms with Crippen molar-refractivity contribution >= 4 is 23.6 Å². The lowest BCUT2D eigenvalue weighted by molar-refractivity contribution is -0.148. The molecule has 124 valence electrons. The van der Waals surface area contributed by atoms with E-state index in [0.717, 1.165) is 5.56 Å². The van der Waals surface area contributed by atoms with E-state index in [2.05, 4.69) is 5.32 Å². The van der Waals surface area contributed by atoms with Crippen molar-refractivity contribution < 1.29 is 19.1 Å². The van der Waals surface area contributed by atoms with Crippen molar-refractivity contribution in [3.63, 3.8) is 0 Å². The first-order chi connectivity index (χ1) is 11.6. The molecule has 0 radical (unpaired) electrons. The molecule has 2 aromatic carbocycles. The molecular weight excluding hydrogens is 306 g/mol. The summed E-state index contributed by atoms with van der Waals surface area (Å²) >= 11 is 0. The molecule has 0 heterocycles. The summed E-state index contributed by atoms with van der Waals surface area (Å²) in [6.07, 6.45) is 1.95. The van der Waals surface area contributed by atoms with E-state index in [1.165, 1.54) is 13.0 Å². The number of nitrogens with one attached hydrogen (secondary N) is 1. The number of hydrogen-bond acceptors (Lipinski definition) is 4. The first-order valence-electron chi connectivity index (χ1n) is 7.48. The quantitative estimate of drug-likeness (QED) is 0.654. The Bertz CT molecular complexity index is 725. The predicted octanol–water partition coefficient (Wildman–Crippen LogP) is 3.28. The highest BCUT2D eigenvalue weighted by Crippen LogP contribution is 2.18. The largest absolute Gasteiger partial charge is 0.496 e. The van der Waals surface area contributed by atoms with E-state index in [1.54, 1.807) is 31.4 Å². The summed E-state index contributed by atoms with van der Waals surface area (Å²) < 4.78 is 10.3. The van der Waals surface area contributed by atoms with Gasteiger partial charge in [-0.15, -0.1) is 0 Å². The third-order valence-electron chi connectivity index (χ3n) is 3.24. The Kier molecular flexibility index (Phi) is 6.14. The summed E-state index contributed by atoms with van der Waals surface area (Å²) in [5.41, 5.74) is 1.40. The van der Waals surface area contributed by atoms with Gasteiger partial charge in [-0.2, -0.15) is 0 Å². The normalized spacial score (nSPS) is 11.8. The summed E-state index contributed by atoms with van der Waals surface area (Å²) in [7, 11) is 1.56. The third kappa shape index (κ3) is 4.98. The zero-order chi connectivity index (χ0) is 17.4. The maximum atomic E-state index is 12.0. The van der Waals surface area contributed by atoms with Gasteiger partial charge < -0.3 is 14.8 Å². The number of methoxy groups -OCH3 is 1. The average molecular weight is 325 g/mol. The molecule has 5 heteroatoms. The van der Waals surface area contributed by atoms with Gasteiger partial charge >= 0.3 is 5.97 Å². The van der Waals surface area contributed by atoms with Crippen LogP contribution in [-0.4, -0.2) is 25.1 Å². The number of benzene rings is 2. The zero-order valence-electron chi connectivity index (χ0n) is 13.6. The minimum absolute atomic E-state index is 0.389. The minimum Gasteiger partial charge on any atom is -0.496 e. The lowest BCUT2D eigenvalue weighted by Gasteiger charge is -2.12. The highest BCUT2D eigenvalue weighted by molar-refractivity contribution is 5.96. The highest BCUT2D eigenvalue weighted by Gasteiger charge is 2.16. The molecule has 24 heavy (non-hydrogen) atoms. The number of carbonyl (C=O) groups excluding carboxylic acids is 2. The summed E-state index contributed by atoms with van der Waals surface area (Å²) in [4.78, 5) is 23.8. The maximum absolute atomic E-state index is 12.0. The average Bonchev–Trinajstić information content (AvgIpc) is 2.61. The Labute approximate surface area is 140 Å². The van der Waals surface area contributed by atoms with Crippen LogP contribution in [0, 0.1) is 0 Å². The topological polar surface area (TPSA) is 64.6 Å². The molecule has 0 aliphatic rings. The van der Waals surface area contributed by atoms with Gasteiger partial charge in [-0.3, -0.25) is 4.79 Å². The highest BCUT2D eigenvalue weighted by atomic mass is 16.5. The number of amides is 1. The molecule has 1 atom stereocenters. The summed E-state index contributed by atoms with van der Waals surface area (Å²) in [5.74, 6) is -0.340. The van der Waals surface area contributed by atoms with Crippen molar-refractivity contribution in [1.82, 2.24) is 0 Å². The smallest absolute Gasteiger partial charge is 0.331 e. The van der Waals surface area contributed by atoms with Crippen LogP contribution >= 0.6 is 0 Å². The van der Waals surface area contributed by atoms with Gasteiger partial charge in [0.15, 0.2) is 6.10 Å². The van der Waals surface area contributed by atoms with Crippen molar-refractivity contribution in [2.45, 2.75) is 13.0 Å². The molecule has 2 aromatic rings. The number of hydrogen-bond donors (Lipinski definition) is 1. The van der Waals surface area contributed by atoms with Crippen LogP contribution in [0.25, 0.3) is 6.08 Å². The lowest BCUT2D eigenvalue weighted by Crippen LogP contribution is -2.29. The molecule has 5 nitrogen and oxygen atoms in total. The first kappa shape index (κ1) is 17.3. The van der Waals surface area contributed by atoms with E-state index >= 15 is 0 Å². The van der Waals surface area contributed by atoms with Crippen molar-refractivity contribution in [2.24, 2.45) is 0 Å². The number of carbonyl (C=O) groups is 2. The molecule has 0 saturated heterocycles. The molecule has 0 spiro atoms. The predicted molar refractivity (Wildman–Crippen MR) is 92.7 cm³/mol. The molecule has 0 aliphatic heterocycles. The molecule has 1 amide bonds. The fourth-order valence-corrected chi connectivity index (χ4v) is 1.99. The number of ether oxygens (including phenoxy) is 2. The lowest BCUT2D eigenvalue weighted by atomic mass is 10.2. The zero-order valence-corrected chi connectivity index (χ0v) is 13.6. The Hall–Kier alpha value is -3.08. The molecule has 0 fully saturated rings. The van der Waals surface area contributed by atoms with Gasteiger partial charge in [0.05, 0.1) is 7.11 Å². The van der Waals surface area contributed by atoms with Crippen LogP contribution in [0.4, 0.5) is 5.69 Å². The van der Waals surface area contributed by atoms with E-state index in [-0.39, 0.29) is 5.91 Å². The van der Waals surface area contributed by atoms with Crippen molar-refractivity contribution in [1.29, 1.82) is 0 Å². The monoisotopic (exact) mass is 325 g/mol. The van der Waals surface area contributed by atoms with E-state index in [9.17, 15) is 9.59 Å². The second kappa shape index (κ2) is 8.53. The maximum Gasteiger partial charge on any atom is 0.331 e. The van der Waals surface area contributed by atoms with E-state index in [0.29, 0.717) is 11.4 Å². The van der Waals surface area contributed by atoms with Gasteiger partial charge in [0.2, 0.25) is 0 Å². The molecule has 0 unspecified atom stereocenters. The molecule has 0 aliphatic carbocycles. The standard InChI is InChI=1S/C19H19NO4/c1-14(19(22)20-16-9-4-3-5-10-16)24-18(21)13-12-15-8-6-7-11-17(15)23-2/h3-14H,1-2H3,(H,20,22)/b13-12+/t14-/m0/s1. The molecule has 0 saturated carbocycles. The number of anilines is 1. The number of rotatable bonds is 6. The van der Waals surface area contributed by atoms with E-state index in [1.807, 2.05) is 36.4 Å². The van der Waals surface area contributed by atoms with Crippen molar-refractivity contribution in [2.75, 3.05) is 12.4 Å². The minimum atomic E-state index is -0.903. The van der Waals surface area contributed by atoms with Crippen LogP contribution in [0.1, 0.15) is 12.5 Å². The number of para-hydroxylation sites is 2. The second-order valence-electron chi connectivity index (χ2n) is 5.01. The van der Waals surface area contributed by atoms with Crippen LogP contribution in [0.15, 0.2) is 60.7 Å². The third-order valence-corrected chi connectivity index (χ3v) is 3.24. The fourth-order valence-electron chi connectivity index (χ4n) is 1.99. The first-order valence-corrected chi connectivity index (χ1v) is 7.48. The van der Waals surface area contributed by atoms with Crippen LogP contribution < -0.4 is 10.1 Å². The van der Waals surface area contributed by atoms with E-state index < -0.39 is 12.1 Å². The van der Waals surface area contributed by atoms with Gasteiger partial charge in [-0.05, 0) is 31.2 Å². The van der Waals surface area contributed by atoms with Gasteiger partial charge in [0, 0.05) is 17.3 Å². The van der Waals surface area contributed by atoms with Crippen LogP contribution in [0.2, 0.25) is 0 Å². The van der Waals surface area contributed by atoms with Crippen molar-refractivity contribution in [3.8, 4) is 5.75 Å². The van der Waals surface area contributed by atoms with Gasteiger partial charge in [-0.1, -0.05) is 36.4 Å². The SMILES string of the molecule is COc1ccccc1/C=C/C(=O)O[C@@H](C)C(=O)Nc1ccccc1. The van der Waals surface area contributed by atoms with E-state index in [4.69, 9.17) is 9.47 Å². The van der Waals surface area contributed by atoms with Crippen LogP contribution in [0.3, 0.4) is 0 Å².